The number of halogens is 1. The Hall–Kier alpha value is -2.54. The van der Waals surface area contributed by atoms with E-state index in [4.69, 9.17) is 0 Å². The highest BCUT2D eigenvalue weighted by molar-refractivity contribution is 5.78. The first-order valence-electron chi connectivity index (χ1n) is 8.67. The van der Waals surface area contributed by atoms with Gasteiger partial charge in [0.1, 0.15) is 11.6 Å². The van der Waals surface area contributed by atoms with Crippen molar-refractivity contribution in [2.45, 2.75) is 24.9 Å². The number of hydrogen-bond donors (Lipinski definition) is 1. The smallest absolute Gasteiger partial charge is 0.226 e. The van der Waals surface area contributed by atoms with Gasteiger partial charge in [-0.25, -0.2) is 9.37 Å². The Kier molecular flexibility index (Phi) is 5.46. The minimum atomic E-state index is -1.01. The third kappa shape index (κ3) is 4.54. The van der Waals surface area contributed by atoms with Crippen LogP contribution >= 0.6 is 0 Å². The first-order chi connectivity index (χ1) is 12.5. The molecule has 0 unspecified atom stereocenters. The van der Waals surface area contributed by atoms with Gasteiger partial charge < -0.3 is 14.9 Å². The molecule has 1 fully saturated rings. The average molecular weight is 358 g/mol. The van der Waals surface area contributed by atoms with Crippen LogP contribution in [0.15, 0.2) is 42.9 Å². The molecule has 26 heavy (non-hydrogen) atoms. The lowest BCUT2D eigenvalue weighted by atomic mass is 9.92. The first kappa shape index (κ1) is 18.3. The number of rotatable bonds is 5. The number of nitrogens with zero attached hydrogens (tertiary/aromatic N) is 4. The highest BCUT2D eigenvalue weighted by Crippen LogP contribution is 2.25. The summed E-state index contributed by atoms with van der Waals surface area (Å²) in [4.78, 5) is 24.3. The van der Waals surface area contributed by atoms with Crippen LogP contribution in [0.5, 0.6) is 0 Å². The fraction of sp³-hybridized carbons (Fsp3) is 0.421. The van der Waals surface area contributed by atoms with Crippen LogP contribution in [0.1, 0.15) is 18.4 Å². The normalized spacial score (nSPS) is 20.0. The molecule has 0 radical (unpaired) electrons. The quantitative estimate of drug-likeness (QED) is 0.880. The van der Waals surface area contributed by atoms with Crippen LogP contribution in [0.25, 0.3) is 0 Å². The Bertz CT molecular complexity index is 758. The second-order valence-electron chi connectivity index (χ2n) is 6.87. The molecule has 0 aliphatic carbocycles. The standard InChI is InChI=1S/C19H23FN4O2/c1-23(18(25)11-15-4-2-5-16(20)10-15)13-19(26)6-3-9-24(14-19)17-12-21-7-8-22-17/h2,4-5,7-8,10,12,26H,3,6,9,11,13-14H2,1H3/t19-/m1/s1. The number of carbonyl (C=O) groups is 1. The number of hydrogen-bond acceptors (Lipinski definition) is 5. The Balaban J connectivity index is 1.61. The third-order valence-electron chi connectivity index (χ3n) is 4.63. The maximum absolute atomic E-state index is 13.3. The van der Waals surface area contributed by atoms with E-state index >= 15 is 0 Å². The van der Waals surface area contributed by atoms with Crippen LogP contribution in [-0.2, 0) is 11.2 Å². The fourth-order valence-corrected chi connectivity index (χ4v) is 3.38. The van der Waals surface area contributed by atoms with E-state index in [1.165, 1.54) is 17.0 Å². The second-order valence-corrected chi connectivity index (χ2v) is 6.87. The zero-order valence-corrected chi connectivity index (χ0v) is 14.8. The number of likely N-dealkylation sites (N-methyl/N-ethyl adjacent to an activating group) is 1. The van der Waals surface area contributed by atoms with Crippen molar-refractivity contribution in [3.8, 4) is 0 Å². The van der Waals surface area contributed by atoms with E-state index in [1.807, 2.05) is 4.90 Å². The number of aliphatic hydroxyl groups is 1. The van der Waals surface area contributed by atoms with Crippen LogP contribution in [0.3, 0.4) is 0 Å². The van der Waals surface area contributed by atoms with Gasteiger partial charge in [-0.1, -0.05) is 12.1 Å². The first-order valence-corrected chi connectivity index (χ1v) is 8.67. The lowest BCUT2D eigenvalue weighted by molar-refractivity contribution is -0.132. The van der Waals surface area contributed by atoms with Gasteiger partial charge in [0.2, 0.25) is 5.91 Å². The topological polar surface area (TPSA) is 69.6 Å². The number of anilines is 1. The molecule has 138 valence electrons. The van der Waals surface area contributed by atoms with Gasteiger partial charge in [-0.3, -0.25) is 9.78 Å². The molecule has 1 aromatic carbocycles. The number of aromatic nitrogens is 2. The molecule has 1 aliphatic rings. The molecular formula is C19H23FN4O2. The van der Waals surface area contributed by atoms with Crippen LogP contribution in [0, 0.1) is 5.82 Å². The van der Waals surface area contributed by atoms with Gasteiger partial charge in [0, 0.05) is 32.5 Å². The van der Waals surface area contributed by atoms with E-state index < -0.39 is 5.60 Å². The van der Waals surface area contributed by atoms with E-state index in [-0.39, 0.29) is 24.7 Å². The summed E-state index contributed by atoms with van der Waals surface area (Å²) in [7, 11) is 1.67. The summed E-state index contributed by atoms with van der Waals surface area (Å²) in [5.74, 6) is 0.212. The Morgan fingerprint density at radius 3 is 3.00 bits per heavy atom. The van der Waals surface area contributed by atoms with Gasteiger partial charge in [0.25, 0.3) is 0 Å². The SMILES string of the molecule is CN(C[C@]1(O)CCCN(c2cnccn2)C1)C(=O)Cc1cccc(F)c1. The molecule has 1 saturated heterocycles. The van der Waals surface area contributed by atoms with E-state index in [0.717, 1.165) is 18.8 Å². The largest absolute Gasteiger partial charge is 0.386 e. The number of benzene rings is 1. The van der Waals surface area contributed by atoms with Crippen molar-refractivity contribution in [1.29, 1.82) is 0 Å². The molecule has 2 aromatic rings. The summed E-state index contributed by atoms with van der Waals surface area (Å²) in [5.41, 5.74) is -0.388. The van der Waals surface area contributed by atoms with E-state index in [0.29, 0.717) is 18.5 Å². The highest BCUT2D eigenvalue weighted by Gasteiger charge is 2.35. The van der Waals surface area contributed by atoms with E-state index in [2.05, 4.69) is 9.97 Å². The summed E-state index contributed by atoms with van der Waals surface area (Å²) in [5, 5.41) is 11.0. The highest BCUT2D eigenvalue weighted by atomic mass is 19.1. The average Bonchev–Trinajstić information content (AvgIpc) is 2.62. The van der Waals surface area contributed by atoms with Crippen molar-refractivity contribution < 1.29 is 14.3 Å². The Morgan fingerprint density at radius 2 is 2.27 bits per heavy atom. The number of β-amino-alcohol motifs (C(OH)–C–C–N with tert-alkyl or cyclic N) is 1. The minimum absolute atomic E-state index is 0.109. The van der Waals surface area contributed by atoms with Crippen LogP contribution in [0.4, 0.5) is 10.2 Å². The predicted molar refractivity (Wildman–Crippen MR) is 96.2 cm³/mol. The molecule has 7 heteroatoms. The van der Waals surface area contributed by atoms with Gasteiger partial charge >= 0.3 is 0 Å². The molecule has 1 atom stereocenters. The van der Waals surface area contributed by atoms with Crippen LogP contribution in [0.2, 0.25) is 0 Å². The van der Waals surface area contributed by atoms with Crippen molar-refractivity contribution >= 4 is 11.7 Å². The summed E-state index contributed by atoms with van der Waals surface area (Å²) < 4.78 is 13.3. The van der Waals surface area contributed by atoms with Crippen LogP contribution < -0.4 is 4.90 Å². The van der Waals surface area contributed by atoms with E-state index in [1.54, 1.807) is 37.8 Å². The predicted octanol–water partition coefficient (Wildman–Crippen LogP) is 1.65. The maximum atomic E-state index is 13.3. The van der Waals surface area contributed by atoms with Gasteiger partial charge in [0.05, 0.1) is 24.8 Å². The molecule has 3 rings (SSSR count). The summed E-state index contributed by atoms with van der Waals surface area (Å²) in [6, 6.07) is 6.02. The number of piperidine rings is 1. The minimum Gasteiger partial charge on any atom is -0.386 e. The molecule has 1 aromatic heterocycles. The van der Waals surface area contributed by atoms with Crippen LogP contribution in [-0.4, -0.2) is 58.2 Å². The summed E-state index contributed by atoms with van der Waals surface area (Å²) in [6.07, 6.45) is 6.43. The molecule has 2 heterocycles. The van der Waals surface area contributed by atoms with Gasteiger partial charge in [-0.05, 0) is 30.5 Å². The number of amides is 1. The monoisotopic (exact) mass is 358 g/mol. The lowest BCUT2D eigenvalue weighted by Gasteiger charge is -2.41. The Labute approximate surface area is 152 Å². The molecule has 0 spiro atoms. The van der Waals surface area contributed by atoms with Gasteiger partial charge in [-0.15, -0.1) is 0 Å². The van der Waals surface area contributed by atoms with Crippen molar-refractivity contribution in [1.82, 2.24) is 14.9 Å². The molecule has 0 saturated carbocycles. The van der Waals surface area contributed by atoms with Gasteiger partial charge in [0.15, 0.2) is 0 Å². The molecule has 1 amide bonds. The molecule has 1 N–H and O–H groups in total. The van der Waals surface area contributed by atoms with E-state index in [9.17, 15) is 14.3 Å². The van der Waals surface area contributed by atoms with Crippen molar-refractivity contribution in [2.24, 2.45) is 0 Å². The molecule has 0 bridgehead atoms. The number of carbonyl (C=O) groups excluding carboxylic acids is 1. The zero-order valence-electron chi connectivity index (χ0n) is 14.8. The molecule has 6 nitrogen and oxygen atoms in total. The molecule has 1 aliphatic heterocycles. The molecular weight excluding hydrogens is 335 g/mol. The second kappa shape index (κ2) is 7.78. The lowest BCUT2D eigenvalue weighted by Crippen LogP contribution is -2.55. The zero-order chi connectivity index (χ0) is 18.6. The Morgan fingerprint density at radius 1 is 1.42 bits per heavy atom. The maximum Gasteiger partial charge on any atom is 0.226 e. The van der Waals surface area contributed by atoms with Gasteiger partial charge in [-0.2, -0.15) is 0 Å². The fourth-order valence-electron chi connectivity index (χ4n) is 3.38. The van der Waals surface area contributed by atoms with Crippen molar-refractivity contribution in [3.05, 3.63) is 54.2 Å². The summed E-state index contributed by atoms with van der Waals surface area (Å²) >= 11 is 0. The summed E-state index contributed by atoms with van der Waals surface area (Å²) in [6.45, 7) is 1.41. The van der Waals surface area contributed by atoms with Crippen molar-refractivity contribution in [2.75, 3.05) is 31.6 Å². The third-order valence-corrected chi connectivity index (χ3v) is 4.63. The van der Waals surface area contributed by atoms with Crippen molar-refractivity contribution in [3.63, 3.8) is 0 Å².